The van der Waals surface area contributed by atoms with Crippen LogP contribution in [0.5, 0.6) is 0 Å². The molecule has 0 aliphatic carbocycles. The number of rotatable bonds is 8. The molecule has 0 spiro atoms. The fraction of sp³-hybridized carbons (Fsp3) is 0.929. The Hall–Kier alpha value is -0.610. The molecule has 108 valence electrons. The highest BCUT2D eigenvalue weighted by atomic mass is 16.5. The van der Waals surface area contributed by atoms with Gasteiger partial charge in [-0.3, -0.25) is 4.79 Å². The van der Waals surface area contributed by atoms with Crippen LogP contribution in [0.1, 0.15) is 41.0 Å². The van der Waals surface area contributed by atoms with Gasteiger partial charge in [-0.15, -0.1) is 0 Å². The molecule has 0 saturated carbocycles. The zero-order chi connectivity index (χ0) is 14.3. The SMILES string of the molecule is CC(C)CCOC(C)C(=O)N(C)CC(C)(C)CN. The lowest BCUT2D eigenvalue weighted by Gasteiger charge is -2.30. The van der Waals surface area contributed by atoms with Crippen molar-refractivity contribution in [2.75, 3.05) is 26.7 Å². The molecule has 2 N–H and O–H groups in total. The quantitative estimate of drug-likeness (QED) is 0.723. The van der Waals surface area contributed by atoms with E-state index in [4.69, 9.17) is 10.5 Å². The van der Waals surface area contributed by atoms with Crippen molar-refractivity contribution in [1.82, 2.24) is 4.90 Å². The Kier molecular flexibility index (Phi) is 7.48. The average Bonchev–Trinajstić information content (AvgIpc) is 2.26. The molecule has 0 aromatic carbocycles. The lowest BCUT2D eigenvalue weighted by atomic mass is 9.93. The fourth-order valence-corrected chi connectivity index (χ4v) is 1.65. The highest BCUT2D eigenvalue weighted by Gasteiger charge is 2.24. The van der Waals surface area contributed by atoms with Crippen LogP contribution in [-0.2, 0) is 9.53 Å². The van der Waals surface area contributed by atoms with Gasteiger partial charge in [0.2, 0.25) is 0 Å². The molecular weight excluding hydrogens is 228 g/mol. The summed E-state index contributed by atoms with van der Waals surface area (Å²) in [7, 11) is 1.81. The molecule has 0 heterocycles. The summed E-state index contributed by atoms with van der Waals surface area (Å²) in [4.78, 5) is 13.8. The lowest BCUT2D eigenvalue weighted by Crippen LogP contribution is -2.43. The molecule has 0 bridgehead atoms. The fourth-order valence-electron chi connectivity index (χ4n) is 1.65. The first-order valence-corrected chi connectivity index (χ1v) is 6.76. The third-order valence-electron chi connectivity index (χ3n) is 3.00. The maximum absolute atomic E-state index is 12.1. The van der Waals surface area contributed by atoms with Gasteiger partial charge < -0.3 is 15.4 Å². The van der Waals surface area contributed by atoms with Crippen molar-refractivity contribution in [3.05, 3.63) is 0 Å². The summed E-state index contributed by atoms with van der Waals surface area (Å²) in [6, 6.07) is 0. The second-order valence-corrected chi connectivity index (χ2v) is 6.26. The van der Waals surface area contributed by atoms with Crippen molar-refractivity contribution in [3.8, 4) is 0 Å². The van der Waals surface area contributed by atoms with E-state index >= 15 is 0 Å². The predicted molar refractivity (Wildman–Crippen MR) is 75.3 cm³/mol. The summed E-state index contributed by atoms with van der Waals surface area (Å²) in [6.07, 6.45) is 0.609. The summed E-state index contributed by atoms with van der Waals surface area (Å²) < 4.78 is 5.56. The van der Waals surface area contributed by atoms with Gasteiger partial charge >= 0.3 is 0 Å². The number of likely N-dealkylation sites (N-methyl/N-ethyl adjacent to an activating group) is 1. The van der Waals surface area contributed by atoms with Crippen LogP contribution >= 0.6 is 0 Å². The van der Waals surface area contributed by atoms with Gasteiger partial charge in [0.1, 0.15) is 6.10 Å². The topological polar surface area (TPSA) is 55.6 Å². The summed E-state index contributed by atoms with van der Waals surface area (Å²) in [6.45, 7) is 12.1. The van der Waals surface area contributed by atoms with Gasteiger partial charge in [-0.2, -0.15) is 0 Å². The number of amides is 1. The van der Waals surface area contributed by atoms with Crippen LogP contribution in [0.3, 0.4) is 0 Å². The smallest absolute Gasteiger partial charge is 0.251 e. The zero-order valence-electron chi connectivity index (χ0n) is 12.8. The maximum atomic E-state index is 12.1. The minimum atomic E-state index is -0.373. The van der Waals surface area contributed by atoms with Gasteiger partial charge in [-0.25, -0.2) is 0 Å². The Balaban J connectivity index is 4.12. The molecule has 0 radical (unpaired) electrons. The van der Waals surface area contributed by atoms with E-state index in [1.807, 2.05) is 14.0 Å². The van der Waals surface area contributed by atoms with Gasteiger partial charge in [0.15, 0.2) is 0 Å². The van der Waals surface area contributed by atoms with Gasteiger partial charge in [-0.05, 0) is 31.2 Å². The number of nitrogens with two attached hydrogens (primary N) is 1. The Morgan fingerprint density at radius 1 is 1.33 bits per heavy atom. The molecule has 4 nitrogen and oxygen atoms in total. The van der Waals surface area contributed by atoms with Crippen molar-refractivity contribution >= 4 is 5.91 Å². The van der Waals surface area contributed by atoms with Gasteiger partial charge in [0.05, 0.1) is 0 Å². The van der Waals surface area contributed by atoms with Crippen LogP contribution in [-0.4, -0.2) is 43.7 Å². The molecule has 0 aliphatic rings. The normalized spacial score (nSPS) is 13.8. The summed E-state index contributed by atoms with van der Waals surface area (Å²) in [5, 5.41) is 0. The first-order valence-electron chi connectivity index (χ1n) is 6.76. The highest BCUT2D eigenvalue weighted by molar-refractivity contribution is 5.80. The van der Waals surface area contributed by atoms with Gasteiger partial charge in [-0.1, -0.05) is 27.7 Å². The highest BCUT2D eigenvalue weighted by Crippen LogP contribution is 2.15. The van der Waals surface area contributed by atoms with Crippen molar-refractivity contribution < 1.29 is 9.53 Å². The van der Waals surface area contributed by atoms with Crippen LogP contribution in [0.4, 0.5) is 0 Å². The van der Waals surface area contributed by atoms with Crippen molar-refractivity contribution in [3.63, 3.8) is 0 Å². The Bertz CT molecular complexity index is 252. The lowest BCUT2D eigenvalue weighted by molar-refractivity contribution is -0.142. The van der Waals surface area contributed by atoms with E-state index in [9.17, 15) is 4.79 Å². The van der Waals surface area contributed by atoms with E-state index in [0.29, 0.717) is 25.6 Å². The van der Waals surface area contributed by atoms with Crippen molar-refractivity contribution in [2.45, 2.75) is 47.1 Å². The molecule has 0 saturated heterocycles. The second kappa shape index (κ2) is 7.74. The molecule has 0 aromatic rings. The third-order valence-corrected chi connectivity index (χ3v) is 3.00. The molecular formula is C14H30N2O2. The number of hydrogen-bond acceptors (Lipinski definition) is 3. The van der Waals surface area contributed by atoms with Gasteiger partial charge in [0, 0.05) is 20.2 Å². The first kappa shape index (κ1) is 17.4. The molecule has 1 atom stereocenters. The Labute approximate surface area is 112 Å². The molecule has 1 unspecified atom stereocenters. The van der Waals surface area contributed by atoms with E-state index in [-0.39, 0.29) is 17.4 Å². The third kappa shape index (κ3) is 6.97. The van der Waals surface area contributed by atoms with E-state index in [0.717, 1.165) is 6.42 Å². The predicted octanol–water partition coefficient (Wildman–Crippen LogP) is 1.88. The maximum Gasteiger partial charge on any atom is 0.251 e. The number of hydrogen-bond donors (Lipinski definition) is 1. The minimum Gasteiger partial charge on any atom is -0.369 e. The number of carbonyl (C=O) groups excluding carboxylic acids is 1. The molecule has 0 aromatic heterocycles. The molecule has 1 amide bonds. The average molecular weight is 258 g/mol. The van der Waals surface area contributed by atoms with Crippen molar-refractivity contribution in [2.24, 2.45) is 17.1 Å². The summed E-state index contributed by atoms with van der Waals surface area (Å²) >= 11 is 0. The van der Waals surface area contributed by atoms with E-state index in [1.165, 1.54) is 0 Å². The van der Waals surface area contributed by atoms with Crippen LogP contribution in [0, 0.1) is 11.3 Å². The number of ether oxygens (including phenoxy) is 1. The Morgan fingerprint density at radius 2 is 1.89 bits per heavy atom. The Morgan fingerprint density at radius 3 is 2.33 bits per heavy atom. The van der Waals surface area contributed by atoms with E-state index in [2.05, 4.69) is 27.7 Å². The standard InChI is InChI=1S/C14H30N2O2/c1-11(2)7-8-18-12(3)13(17)16(6)10-14(4,5)9-15/h11-12H,7-10,15H2,1-6H3. The van der Waals surface area contributed by atoms with Crippen LogP contribution in [0.25, 0.3) is 0 Å². The van der Waals surface area contributed by atoms with E-state index < -0.39 is 0 Å². The largest absolute Gasteiger partial charge is 0.369 e. The molecule has 0 fully saturated rings. The van der Waals surface area contributed by atoms with Crippen LogP contribution in [0.2, 0.25) is 0 Å². The van der Waals surface area contributed by atoms with Crippen molar-refractivity contribution in [1.29, 1.82) is 0 Å². The molecule has 18 heavy (non-hydrogen) atoms. The molecule has 0 aliphatic heterocycles. The molecule has 4 heteroatoms. The van der Waals surface area contributed by atoms with Crippen LogP contribution in [0.15, 0.2) is 0 Å². The summed E-state index contributed by atoms with van der Waals surface area (Å²) in [5.41, 5.74) is 5.62. The zero-order valence-corrected chi connectivity index (χ0v) is 12.8. The van der Waals surface area contributed by atoms with E-state index in [1.54, 1.807) is 4.90 Å². The molecule has 0 rings (SSSR count). The monoisotopic (exact) mass is 258 g/mol. The number of carbonyl (C=O) groups is 1. The first-order chi connectivity index (χ1) is 8.19. The summed E-state index contributed by atoms with van der Waals surface area (Å²) in [5.74, 6) is 0.626. The number of nitrogens with zero attached hydrogens (tertiary/aromatic N) is 1. The van der Waals surface area contributed by atoms with Crippen LogP contribution < -0.4 is 5.73 Å². The second-order valence-electron chi connectivity index (χ2n) is 6.26. The van der Waals surface area contributed by atoms with Gasteiger partial charge in [0.25, 0.3) is 5.91 Å². The minimum absolute atomic E-state index is 0.0280.